The van der Waals surface area contributed by atoms with E-state index in [1.165, 1.54) is 29.3 Å². The smallest absolute Gasteiger partial charge is 0.00536 e. The number of thioether (sulfide) groups is 2. The van der Waals surface area contributed by atoms with Gasteiger partial charge < -0.3 is 0 Å². The zero-order chi connectivity index (χ0) is 8.10. The molecule has 0 nitrogen and oxygen atoms in total. The van der Waals surface area contributed by atoms with Gasteiger partial charge in [0.05, 0.1) is 0 Å². The molecule has 0 aromatic heterocycles. The average molecular weight is 188 g/mol. The lowest BCUT2D eigenvalue weighted by Gasteiger charge is -2.05. The van der Waals surface area contributed by atoms with Crippen LogP contribution in [0.5, 0.6) is 0 Å². The van der Waals surface area contributed by atoms with Crippen molar-refractivity contribution in [2.45, 2.75) is 31.9 Å². The van der Waals surface area contributed by atoms with Gasteiger partial charge in [-0.05, 0) is 36.2 Å². The van der Waals surface area contributed by atoms with Gasteiger partial charge in [0, 0.05) is 5.25 Å². The second-order valence-electron chi connectivity index (χ2n) is 2.93. The Morgan fingerprint density at radius 1 is 1.45 bits per heavy atom. The molecule has 1 aliphatic heterocycles. The van der Waals surface area contributed by atoms with E-state index in [0.717, 1.165) is 5.25 Å². The topological polar surface area (TPSA) is 0 Å². The van der Waals surface area contributed by atoms with Gasteiger partial charge in [0.25, 0.3) is 0 Å². The second kappa shape index (κ2) is 5.15. The van der Waals surface area contributed by atoms with Crippen LogP contribution >= 0.6 is 23.5 Å². The summed E-state index contributed by atoms with van der Waals surface area (Å²) < 4.78 is 0. The molecular formula is C9H16S2. The second-order valence-corrected chi connectivity index (χ2v) is 5.82. The molecule has 1 rings (SSSR count). The van der Waals surface area contributed by atoms with Crippen LogP contribution in [-0.2, 0) is 0 Å². The first-order valence-electron chi connectivity index (χ1n) is 4.20. The molecule has 0 aromatic rings. The Bertz CT molecular complexity index is 140. The summed E-state index contributed by atoms with van der Waals surface area (Å²) in [5.41, 5.74) is 0. The van der Waals surface area contributed by atoms with Gasteiger partial charge in [0.2, 0.25) is 0 Å². The number of allylic oxidation sites excluding steroid dienone is 2. The third kappa shape index (κ3) is 4.12. The molecule has 0 radical (unpaired) electrons. The predicted molar refractivity (Wildman–Crippen MR) is 57.4 cm³/mol. The number of rotatable bonds is 0. The number of hydrogen-bond acceptors (Lipinski definition) is 2. The molecule has 0 N–H and O–H groups in total. The van der Waals surface area contributed by atoms with Crippen molar-refractivity contribution in [3.05, 3.63) is 11.0 Å². The first-order valence-corrected chi connectivity index (χ1v) is 6.23. The zero-order valence-corrected chi connectivity index (χ0v) is 8.93. The predicted octanol–water partition coefficient (Wildman–Crippen LogP) is 3.54. The molecule has 0 fully saturated rings. The quantitative estimate of drug-likeness (QED) is 0.570. The summed E-state index contributed by atoms with van der Waals surface area (Å²) in [7, 11) is 0. The molecule has 0 aliphatic carbocycles. The third-order valence-electron chi connectivity index (χ3n) is 1.76. The fourth-order valence-electron chi connectivity index (χ4n) is 1.04. The van der Waals surface area contributed by atoms with Crippen LogP contribution in [-0.4, -0.2) is 16.8 Å². The lowest BCUT2D eigenvalue weighted by molar-refractivity contribution is 0.973. The molecule has 0 amide bonds. The highest BCUT2D eigenvalue weighted by molar-refractivity contribution is 8.03. The highest BCUT2D eigenvalue weighted by Gasteiger charge is 2.03. The summed E-state index contributed by atoms with van der Waals surface area (Å²) in [5, 5.41) is 0.823. The molecule has 11 heavy (non-hydrogen) atoms. The van der Waals surface area contributed by atoms with Crippen molar-refractivity contribution in [3.8, 4) is 0 Å². The van der Waals surface area contributed by atoms with Crippen molar-refractivity contribution >= 4 is 23.5 Å². The van der Waals surface area contributed by atoms with E-state index in [1.54, 1.807) is 0 Å². The molecule has 2 heteroatoms. The van der Waals surface area contributed by atoms with Gasteiger partial charge in [0.15, 0.2) is 0 Å². The molecule has 1 unspecified atom stereocenters. The lowest BCUT2D eigenvalue weighted by Crippen LogP contribution is -1.94. The lowest BCUT2D eigenvalue weighted by atomic mass is 10.3. The van der Waals surface area contributed by atoms with E-state index in [-0.39, 0.29) is 0 Å². The molecular weight excluding hydrogens is 172 g/mol. The van der Waals surface area contributed by atoms with E-state index in [0.29, 0.717) is 0 Å². The molecule has 0 saturated heterocycles. The van der Waals surface area contributed by atoms with Crippen LogP contribution in [0.1, 0.15) is 26.7 Å². The maximum absolute atomic E-state index is 2.38. The monoisotopic (exact) mass is 188 g/mol. The minimum absolute atomic E-state index is 0.823. The minimum atomic E-state index is 0.823. The van der Waals surface area contributed by atoms with Crippen LogP contribution < -0.4 is 0 Å². The van der Waals surface area contributed by atoms with Crippen LogP contribution in [0.2, 0.25) is 0 Å². The highest BCUT2D eigenvalue weighted by atomic mass is 32.2. The molecule has 1 atom stereocenters. The van der Waals surface area contributed by atoms with Crippen molar-refractivity contribution in [2.75, 3.05) is 11.5 Å². The van der Waals surface area contributed by atoms with Crippen LogP contribution in [0.3, 0.4) is 0 Å². The van der Waals surface area contributed by atoms with Crippen LogP contribution in [0.15, 0.2) is 11.0 Å². The van der Waals surface area contributed by atoms with Gasteiger partial charge in [0.1, 0.15) is 0 Å². The van der Waals surface area contributed by atoms with Crippen molar-refractivity contribution < 1.29 is 0 Å². The van der Waals surface area contributed by atoms with E-state index in [9.17, 15) is 0 Å². The normalized spacial score (nSPS) is 32.9. The first kappa shape index (κ1) is 9.53. The van der Waals surface area contributed by atoms with E-state index < -0.39 is 0 Å². The maximum Gasteiger partial charge on any atom is 0.00536 e. The Hall–Kier alpha value is 0.440. The first-order chi connectivity index (χ1) is 5.29. The van der Waals surface area contributed by atoms with Crippen LogP contribution in [0, 0.1) is 0 Å². The Morgan fingerprint density at radius 2 is 2.27 bits per heavy atom. The van der Waals surface area contributed by atoms with Crippen molar-refractivity contribution in [1.82, 2.24) is 0 Å². The summed E-state index contributed by atoms with van der Waals surface area (Å²) in [6, 6.07) is 0. The van der Waals surface area contributed by atoms with E-state index in [4.69, 9.17) is 0 Å². The van der Waals surface area contributed by atoms with Crippen LogP contribution in [0.4, 0.5) is 0 Å². The molecule has 0 aromatic carbocycles. The standard InChI is InChI=1S/C9H16S2/c1-8-4-5-9(2)11-7-3-6-10-8/h4,9H,3,5-7H2,1-2H3/b8-4-. The molecule has 0 bridgehead atoms. The number of hydrogen-bond donors (Lipinski definition) is 0. The Balaban J connectivity index is 2.40. The Morgan fingerprint density at radius 3 is 3.09 bits per heavy atom. The van der Waals surface area contributed by atoms with Gasteiger partial charge in [-0.3, -0.25) is 0 Å². The Kier molecular flexibility index (Phi) is 4.46. The van der Waals surface area contributed by atoms with E-state index in [2.05, 4.69) is 31.7 Å². The van der Waals surface area contributed by atoms with Crippen molar-refractivity contribution in [2.24, 2.45) is 0 Å². The van der Waals surface area contributed by atoms with Crippen molar-refractivity contribution in [3.63, 3.8) is 0 Å². The fraction of sp³-hybridized carbons (Fsp3) is 0.778. The van der Waals surface area contributed by atoms with E-state index in [1.807, 2.05) is 11.8 Å². The summed E-state index contributed by atoms with van der Waals surface area (Å²) >= 11 is 4.13. The van der Waals surface area contributed by atoms with Crippen LogP contribution in [0.25, 0.3) is 0 Å². The maximum atomic E-state index is 2.38. The van der Waals surface area contributed by atoms with Gasteiger partial charge in [-0.15, -0.1) is 11.8 Å². The average Bonchev–Trinajstić information content (AvgIpc) is 2.06. The van der Waals surface area contributed by atoms with Gasteiger partial charge >= 0.3 is 0 Å². The van der Waals surface area contributed by atoms with E-state index >= 15 is 0 Å². The van der Waals surface area contributed by atoms with Crippen molar-refractivity contribution in [1.29, 1.82) is 0 Å². The Labute approximate surface area is 78.2 Å². The molecule has 1 aliphatic rings. The largest absolute Gasteiger partial charge is 0.159 e. The fourth-order valence-corrected chi connectivity index (χ4v) is 2.99. The summed E-state index contributed by atoms with van der Waals surface area (Å²) in [5.74, 6) is 2.65. The molecule has 0 spiro atoms. The van der Waals surface area contributed by atoms with Gasteiger partial charge in [-0.25, -0.2) is 0 Å². The summed E-state index contributed by atoms with van der Waals surface area (Å²) in [6.07, 6.45) is 5.00. The third-order valence-corrected chi connectivity index (χ3v) is 4.16. The minimum Gasteiger partial charge on any atom is -0.159 e. The zero-order valence-electron chi connectivity index (χ0n) is 7.30. The van der Waals surface area contributed by atoms with Gasteiger partial charge in [-0.2, -0.15) is 11.8 Å². The SMILES string of the molecule is C/C1=C/CC(C)SCCCS1. The highest BCUT2D eigenvalue weighted by Crippen LogP contribution is 2.24. The summed E-state index contributed by atoms with van der Waals surface area (Å²) in [4.78, 5) is 1.51. The summed E-state index contributed by atoms with van der Waals surface area (Å²) in [6.45, 7) is 4.55. The van der Waals surface area contributed by atoms with Gasteiger partial charge in [-0.1, -0.05) is 13.0 Å². The molecule has 0 saturated carbocycles. The molecule has 1 heterocycles. The molecule has 64 valence electrons.